The molecule has 0 amide bonds. The molecule has 9 heavy (non-hydrogen) atoms. The Hall–Kier alpha value is 0.290. The summed E-state index contributed by atoms with van der Waals surface area (Å²) in [5, 5.41) is 0. The van der Waals surface area contributed by atoms with Gasteiger partial charge in [0.15, 0.2) is 0 Å². The third kappa shape index (κ3) is 2.57. The molecule has 1 rings (SSSR count). The first kappa shape index (κ1) is 7.40. The van der Waals surface area contributed by atoms with E-state index in [1.165, 1.54) is 32.1 Å². The van der Waals surface area contributed by atoms with Gasteiger partial charge in [0.2, 0.25) is 0 Å². The van der Waals surface area contributed by atoms with Gasteiger partial charge in [-0.15, -0.1) is 11.6 Å². The highest BCUT2D eigenvalue weighted by atomic mass is 35.5. The zero-order valence-electron chi connectivity index (χ0n) is 5.78. The minimum absolute atomic E-state index is 0.844. The predicted molar refractivity (Wildman–Crippen MR) is 41.6 cm³/mol. The number of hydrogen-bond donors (Lipinski definition) is 0. The zero-order chi connectivity index (χ0) is 6.53. The quantitative estimate of drug-likeness (QED) is 0.536. The van der Waals surface area contributed by atoms with Crippen LogP contribution in [-0.4, -0.2) is 5.88 Å². The molecule has 1 heteroatoms. The van der Waals surface area contributed by atoms with Crippen LogP contribution in [-0.2, 0) is 0 Å². The van der Waals surface area contributed by atoms with Gasteiger partial charge in [-0.05, 0) is 38.0 Å². The lowest BCUT2D eigenvalue weighted by Gasteiger charge is -2.04. The molecule has 1 fully saturated rings. The standard InChI is InChI=1S/C8H14Cl/c9-7-3-6-8-4-1-2-5-8/h1,8H,2-7H2. The van der Waals surface area contributed by atoms with Crippen molar-refractivity contribution >= 4 is 11.6 Å². The van der Waals surface area contributed by atoms with Gasteiger partial charge in [0.05, 0.1) is 0 Å². The summed E-state index contributed by atoms with van der Waals surface area (Å²) in [4.78, 5) is 0. The molecule has 0 spiro atoms. The SMILES string of the molecule is ClCCCC1C[CH]CC1. The molecule has 1 unspecified atom stereocenters. The molecule has 1 aliphatic rings. The van der Waals surface area contributed by atoms with Crippen LogP contribution in [0.1, 0.15) is 32.1 Å². The predicted octanol–water partition coefficient (Wildman–Crippen LogP) is 3.01. The molecule has 0 saturated heterocycles. The second-order valence-electron chi connectivity index (χ2n) is 2.80. The van der Waals surface area contributed by atoms with Crippen LogP contribution >= 0.6 is 11.6 Å². The van der Waals surface area contributed by atoms with Crippen LogP contribution < -0.4 is 0 Å². The van der Waals surface area contributed by atoms with E-state index in [1.807, 2.05) is 0 Å². The number of alkyl halides is 1. The van der Waals surface area contributed by atoms with Crippen molar-refractivity contribution in [2.24, 2.45) is 5.92 Å². The first-order valence-electron chi connectivity index (χ1n) is 3.81. The Morgan fingerprint density at radius 3 is 3.00 bits per heavy atom. The summed E-state index contributed by atoms with van der Waals surface area (Å²) in [5.41, 5.74) is 0. The van der Waals surface area contributed by atoms with Gasteiger partial charge < -0.3 is 0 Å². The van der Waals surface area contributed by atoms with Gasteiger partial charge in [0, 0.05) is 5.88 Å². The fraction of sp³-hybridized carbons (Fsp3) is 0.875. The van der Waals surface area contributed by atoms with E-state index >= 15 is 0 Å². The highest BCUT2D eigenvalue weighted by molar-refractivity contribution is 6.17. The molecule has 0 aromatic heterocycles. The van der Waals surface area contributed by atoms with Gasteiger partial charge in [-0.2, -0.15) is 0 Å². The van der Waals surface area contributed by atoms with Gasteiger partial charge in [-0.1, -0.05) is 6.42 Å². The molecule has 0 heterocycles. The summed E-state index contributed by atoms with van der Waals surface area (Å²) in [6.07, 6.45) is 9.06. The van der Waals surface area contributed by atoms with Gasteiger partial charge in [0.1, 0.15) is 0 Å². The molecule has 0 N–H and O–H groups in total. The number of rotatable bonds is 3. The molecule has 1 atom stereocenters. The highest BCUT2D eigenvalue weighted by Gasteiger charge is 2.13. The maximum atomic E-state index is 5.57. The van der Waals surface area contributed by atoms with Crippen LogP contribution in [0.5, 0.6) is 0 Å². The average molecular weight is 146 g/mol. The Kier molecular flexibility index (Phi) is 3.42. The van der Waals surface area contributed by atoms with Crippen LogP contribution in [0.4, 0.5) is 0 Å². The van der Waals surface area contributed by atoms with Crippen LogP contribution in [0, 0.1) is 12.3 Å². The van der Waals surface area contributed by atoms with E-state index in [1.54, 1.807) is 0 Å². The molecule has 0 aliphatic heterocycles. The lowest BCUT2D eigenvalue weighted by molar-refractivity contribution is 0.504. The van der Waals surface area contributed by atoms with Gasteiger partial charge in [-0.25, -0.2) is 0 Å². The van der Waals surface area contributed by atoms with E-state index < -0.39 is 0 Å². The second kappa shape index (κ2) is 4.16. The summed E-state index contributed by atoms with van der Waals surface area (Å²) >= 11 is 5.57. The molecule has 1 aliphatic carbocycles. The first-order valence-corrected chi connectivity index (χ1v) is 4.34. The van der Waals surface area contributed by atoms with E-state index in [9.17, 15) is 0 Å². The van der Waals surface area contributed by atoms with Crippen LogP contribution in [0.25, 0.3) is 0 Å². The highest BCUT2D eigenvalue weighted by Crippen LogP contribution is 2.27. The van der Waals surface area contributed by atoms with Crippen molar-refractivity contribution in [2.45, 2.75) is 32.1 Å². The molecule has 1 radical (unpaired) electrons. The van der Waals surface area contributed by atoms with Crippen molar-refractivity contribution in [1.29, 1.82) is 0 Å². The monoisotopic (exact) mass is 145 g/mol. The minimum Gasteiger partial charge on any atom is -0.127 e. The first-order chi connectivity index (χ1) is 4.43. The van der Waals surface area contributed by atoms with Crippen molar-refractivity contribution in [3.63, 3.8) is 0 Å². The topological polar surface area (TPSA) is 0 Å². The normalized spacial score (nSPS) is 21.0. The third-order valence-corrected chi connectivity index (χ3v) is 2.29. The molecule has 1 saturated carbocycles. The van der Waals surface area contributed by atoms with E-state index in [0.29, 0.717) is 0 Å². The molecule has 0 nitrogen and oxygen atoms in total. The van der Waals surface area contributed by atoms with Gasteiger partial charge in [0.25, 0.3) is 0 Å². The smallest absolute Gasteiger partial charge is 0.0223 e. The molecule has 53 valence electrons. The lowest BCUT2D eigenvalue weighted by Crippen LogP contribution is -1.92. The second-order valence-corrected chi connectivity index (χ2v) is 3.18. The Balaban J connectivity index is 1.98. The molecule has 0 bridgehead atoms. The fourth-order valence-corrected chi connectivity index (χ4v) is 1.61. The lowest BCUT2D eigenvalue weighted by atomic mass is 10.0. The van der Waals surface area contributed by atoms with Crippen molar-refractivity contribution in [2.75, 3.05) is 5.88 Å². The Labute approximate surface area is 62.6 Å². The minimum atomic E-state index is 0.844. The molecular weight excluding hydrogens is 132 g/mol. The Morgan fingerprint density at radius 2 is 2.44 bits per heavy atom. The average Bonchev–Trinajstić information content (AvgIpc) is 2.34. The Bertz CT molecular complexity index is 65.0. The summed E-state index contributed by atoms with van der Waals surface area (Å²) in [6, 6.07) is 0. The van der Waals surface area contributed by atoms with E-state index in [-0.39, 0.29) is 0 Å². The number of hydrogen-bond acceptors (Lipinski definition) is 0. The van der Waals surface area contributed by atoms with Crippen LogP contribution in [0.3, 0.4) is 0 Å². The van der Waals surface area contributed by atoms with E-state index in [4.69, 9.17) is 11.6 Å². The van der Waals surface area contributed by atoms with E-state index in [0.717, 1.165) is 11.8 Å². The summed E-state index contributed by atoms with van der Waals surface area (Å²) in [7, 11) is 0. The molecule has 0 aromatic rings. The Morgan fingerprint density at radius 1 is 1.56 bits per heavy atom. The summed E-state index contributed by atoms with van der Waals surface area (Å²) in [5.74, 6) is 1.82. The number of halogens is 1. The van der Waals surface area contributed by atoms with Crippen molar-refractivity contribution in [3.05, 3.63) is 6.42 Å². The fourth-order valence-electron chi connectivity index (χ4n) is 1.45. The third-order valence-electron chi connectivity index (χ3n) is 2.03. The maximum Gasteiger partial charge on any atom is 0.0223 e. The van der Waals surface area contributed by atoms with Crippen molar-refractivity contribution in [1.82, 2.24) is 0 Å². The zero-order valence-corrected chi connectivity index (χ0v) is 6.53. The largest absolute Gasteiger partial charge is 0.127 e. The summed E-state index contributed by atoms with van der Waals surface area (Å²) < 4.78 is 0. The van der Waals surface area contributed by atoms with E-state index in [2.05, 4.69) is 6.42 Å². The van der Waals surface area contributed by atoms with Crippen molar-refractivity contribution in [3.8, 4) is 0 Å². The molecule has 0 aromatic carbocycles. The van der Waals surface area contributed by atoms with Crippen LogP contribution in [0.2, 0.25) is 0 Å². The van der Waals surface area contributed by atoms with Gasteiger partial charge >= 0.3 is 0 Å². The van der Waals surface area contributed by atoms with Crippen molar-refractivity contribution < 1.29 is 0 Å². The van der Waals surface area contributed by atoms with Gasteiger partial charge in [-0.3, -0.25) is 0 Å². The van der Waals surface area contributed by atoms with Crippen LogP contribution in [0.15, 0.2) is 0 Å². The summed E-state index contributed by atoms with van der Waals surface area (Å²) in [6.45, 7) is 0. The molecular formula is C8H14Cl. The maximum absolute atomic E-state index is 5.57.